The predicted molar refractivity (Wildman–Crippen MR) is 96.8 cm³/mol. The number of carbonyl (C=O) groups is 1. The summed E-state index contributed by atoms with van der Waals surface area (Å²) < 4.78 is 10.7. The first-order valence-electron chi connectivity index (χ1n) is 9.34. The fourth-order valence-electron chi connectivity index (χ4n) is 3.50. The summed E-state index contributed by atoms with van der Waals surface area (Å²) in [5.41, 5.74) is -0.0527. The Morgan fingerprint density at radius 3 is 2.76 bits per heavy atom. The zero-order valence-corrected chi connectivity index (χ0v) is 16.0. The summed E-state index contributed by atoms with van der Waals surface area (Å²) in [7, 11) is 1.76. The number of nitrogens with zero attached hydrogens (tertiary/aromatic N) is 3. The molecule has 7 heteroatoms. The third-order valence-corrected chi connectivity index (χ3v) is 5.27. The van der Waals surface area contributed by atoms with E-state index in [1.165, 1.54) is 12.8 Å². The van der Waals surface area contributed by atoms with Crippen molar-refractivity contribution in [3.63, 3.8) is 0 Å². The van der Waals surface area contributed by atoms with Gasteiger partial charge < -0.3 is 24.6 Å². The van der Waals surface area contributed by atoms with E-state index in [4.69, 9.17) is 9.47 Å². The lowest BCUT2D eigenvalue weighted by Gasteiger charge is -2.39. The minimum atomic E-state index is -0.451. The molecule has 1 atom stereocenters. The van der Waals surface area contributed by atoms with Crippen molar-refractivity contribution in [2.45, 2.75) is 51.7 Å². The number of carbonyl (C=O) groups excluding carboxylic acids is 1. The number of fused-ring (bicyclic) bond motifs is 1. The van der Waals surface area contributed by atoms with E-state index in [0.717, 1.165) is 38.6 Å². The second-order valence-electron chi connectivity index (χ2n) is 8.53. The number of hydrogen-bond acceptors (Lipinski definition) is 6. The molecule has 1 unspecified atom stereocenters. The van der Waals surface area contributed by atoms with E-state index < -0.39 is 5.60 Å². The molecule has 25 heavy (non-hydrogen) atoms. The highest BCUT2D eigenvalue weighted by Gasteiger charge is 2.43. The number of aliphatic imine (C=N–C) groups is 1. The van der Waals surface area contributed by atoms with Gasteiger partial charge >= 0.3 is 6.09 Å². The minimum absolute atomic E-state index is 0.218. The van der Waals surface area contributed by atoms with Gasteiger partial charge in [0.25, 0.3) is 0 Å². The van der Waals surface area contributed by atoms with Gasteiger partial charge in [0.15, 0.2) is 5.96 Å². The third kappa shape index (κ3) is 4.57. The van der Waals surface area contributed by atoms with Crippen LogP contribution in [0.5, 0.6) is 0 Å². The lowest BCUT2D eigenvalue weighted by molar-refractivity contribution is 0.0137. The van der Waals surface area contributed by atoms with Crippen molar-refractivity contribution in [2.24, 2.45) is 10.4 Å². The topological polar surface area (TPSA) is 66.4 Å². The second kappa shape index (κ2) is 7.02. The Morgan fingerprint density at radius 1 is 1.36 bits per heavy atom. The van der Waals surface area contributed by atoms with Crippen molar-refractivity contribution in [1.82, 2.24) is 15.1 Å². The summed E-state index contributed by atoms with van der Waals surface area (Å²) >= 11 is 0. The monoisotopic (exact) mass is 352 g/mol. The molecule has 0 spiro atoms. The van der Waals surface area contributed by atoms with Gasteiger partial charge in [0.1, 0.15) is 5.60 Å². The molecule has 2 aliphatic heterocycles. The van der Waals surface area contributed by atoms with Gasteiger partial charge in [-0.2, -0.15) is 0 Å². The van der Waals surface area contributed by atoms with Crippen LogP contribution >= 0.6 is 0 Å². The largest absolute Gasteiger partial charge is 0.444 e. The molecular formula is C18H32N4O3. The molecule has 1 N–H and O–H groups in total. The van der Waals surface area contributed by atoms with Crippen LogP contribution in [0.3, 0.4) is 0 Å². The highest BCUT2D eigenvalue weighted by atomic mass is 16.6. The van der Waals surface area contributed by atoms with Crippen molar-refractivity contribution in [2.75, 3.05) is 46.4 Å². The van der Waals surface area contributed by atoms with E-state index in [1.54, 1.807) is 7.11 Å². The van der Waals surface area contributed by atoms with Crippen LogP contribution in [0.4, 0.5) is 4.79 Å². The Bertz CT molecular complexity index is 525. The van der Waals surface area contributed by atoms with Crippen molar-refractivity contribution < 1.29 is 14.3 Å². The van der Waals surface area contributed by atoms with Crippen molar-refractivity contribution >= 4 is 12.1 Å². The summed E-state index contributed by atoms with van der Waals surface area (Å²) in [6.07, 6.45) is 3.43. The van der Waals surface area contributed by atoms with Gasteiger partial charge in [-0.15, -0.1) is 0 Å². The molecule has 0 aromatic carbocycles. The van der Waals surface area contributed by atoms with Gasteiger partial charge in [0.2, 0.25) is 0 Å². The molecule has 2 heterocycles. The number of piperazine rings is 1. The van der Waals surface area contributed by atoms with E-state index in [1.807, 2.05) is 25.7 Å². The zero-order valence-electron chi connectivity index (χ0n) is 16.0. The van der Waals surface area contributed by atoms with Crippen molar-refractivity contribution in [3.05, 3.63) is 0 Å². The second-order valence-corrected chi connectivity index (χ2v) is 8.53. The average molecular weight is 352 g/mol. The molecular weight excluding hydrogens is 320 g/mol. The van der Waals surface area contributed by atoms with Crippen LogP contribution in [-0.2, 0) is 9.47 Å². The van der Waals surface area contributed by atoms with Gasteiger partial charge in [0, 0.05) is 39.9 Å². The molecule has 0 bridgehead atoms. The molecule has 1 aliphatic carbocycles. The number of guanidine groups is 1. The number of methoxy groups -OCH3 is 1. The minimum Gasteiger partial charge on any atom is -0.444 e. The Hall–Kier alpha value is -1.50. The van der Waals surface area contributed by atoms with E-state index in [9.17, 15) is 4.79 Å². The molecule has 0 aromatic heterocycles. The summed E-state index contributed by atoms with van der Waals surface area (Å²) in [6.45, 7) is 10.4. The molecule has 1 amide bonds. The van der Waals surface area contributed by atoms with E-state index >= 15 is 0 Å². The van der Waals surface area contributed by atoms with Crippen LogP contribution in [0, 0.1) is 5.41 Å². The van der Waals surface area contributed by atoms with Gasteiger partial charge in [-0.1, -0.05) is 0 Å². The zero-order chi connectivity index (χ0) is 18.1. The number of ether oxygens (including phenoxy) is 2. The Kier molecular flexibility index (Phi) is 5.14. The number of hydrogen-bond donors (Lipinski definition) is 1. The van der Waals surface area contributed by atoms with Gasteiger partial charge in [-0.05, 0) is 45.4 Å². The first kappa shape index (κ1) is 18.3. The van der Waals surface area contributed by atoms with Crippen LogP contribution in [0.15, 0.2) is 4.99 Å². The Morgan fingerprint density at radius 2 is 2.12 bits per heavy atom. The highest BCUT2D eigenvalue weighted by Crippen LogP contribution is 2.48. The van der Waals surface area contributed by atoms with Crippen LogP contribution in [0.2, 0.25) is 0 Å². The van der Waals surface area contributed by atoms with E-state index in [0.29, 0.717) is 18.5 Å². The molecule has 7 nitrogen and oxygen atoms in total. The lowest BCUT2D eigenvalue weighted by Crippen LogP contribution is -2.57. The predicted octanol–water partition coefficient (Wildman–Crippen LogP) is 1.68. The number of amides is 1. The maximum Gasteiger partial charge on any atom is 0.410 e. The quantitative estimate of drug-likeness (QED) is 0.815. The van der Waals surface area contributed by atoms with Crippen LogP contribution in [0.1, 0.15) is 40.0 Å². The summed E-state index contributed by atoms with van der Waals surface area (Å²) in [5.74, 6) is 0.998. The molecule has 142 valence electrons. The van der Waals surface area contributed by atoms with Crippen molar-refractivity contribution in [1.29, 1.82) is 0 Å². The van der Waals surface area contributed by atoms with Gasteiger partial charge in [0.05, 0.1) is 12.6 Å². The first-order chi connectivity index (χ1) is 11.8. The highest BCUT2D eigenvalue weighted by molar-refractivity contribution is 5.82. The SMILES string of the molecule is COCCC1(CNC2=NCC3CN(C(=O)OC(C)(C)C)CCN23)CC1. The summed E-state index contributed by atoms with van der Waals surface area (Å²) in [5, 5.41) is 3.56. The summed E-state index contributed by atoms with van der Waals surface area (Å²) in [4.78, 5) is 21.1. The van der Waals surface area contributed by atoms with E-state index in [2.05, 4.69) is 15.2 Å². The molecule has 2 fully saturated rings. The molecule has 1 saturated carbocycles. The van der Waals surface area contributed by atoms with Gasteiger partial charge in [-0.25, -0.2) is 4.79 Å². The van der Waals surface area contributed by atoms with Crippen LogP contribution in [0.25, 0.3) is 0 Å². The number of rotatable bonds is 5. The smallest absolute Gasteiger partial charge is 0.410 e. The Balaban J connectivity index is 1.47. The fourth-order valence-corrected chi connectivity index (χ4v) is 3.50. The first-order valence-corrected chi connectivity index (χ1v) is 9.34. The fraction of sp³-hybridized carbons (Fsp3) is 0.889. The maximum atomic E-state index is 12.3. The Labute approximate surface area is 150 Å². The molecule has 0 radical (unpaired) electrons. The average Bonchev–Trinajstić information content (AvgIpc) is 3.21. The normalized spacial score (nSPS) is 24.6. The molecule has 3 rings (SSSR count). The standard InChI is InChI=1S/C18H32N4O3/c1-17(2,3)25-16(23)21-8-9-22-14(12-21)11-19-15(22)20-13-18(5-6-18)7-10-24-4/h14H,5-13H2,1-4H3,(H,19,20). The lowest BCUT2D eigenvalue weighted by atomic mass is 10.0. The summed E-state index contributed by atoms with van der Waals surface area (Å²) in [6, 6.07) is 0.262. The molecule has 3 aliphatic rings. The maximum absolute atomic E-state index is 12.3. The molecule has 0 aromatic rings. The molecule has 1 saturated heterocycles. The van der Waals surface area contributed by atoms with Crippen LogP contribution < -0.4 is 5.32 Å². The third-order valence-electron chi connectivity index (χ3n) is 5.27. The van der Waals surface area contributed by atoms with E-state index in [-0.39, 0.29) is 12.1 Å². The number of nitrogens with one attached hydrogen (secondary N) is 1. The van der Waals surface area contributed by atoms with Gasteiger partial charge in [-0.3, -0.25) is 4.99 Å². The van der Waals surface area contributed by atoms with Crippen LogP contribution in [-0.4, -0.2) is 79.9 Å². The van der Waals surface area contributed by atoms with Crippen molar-refractivity contribution in [3.8, 4) is 0 Å².